The van der Waals surface area contributed by atoms with Crippen molar-refractivity contribution < 1.29 is 140 Å². The average Bonchev–Trinajstić information content (AvgIpc) is 1.10. The Bertz CT molecular complexity index is 4960. The number of hydrogen-bond acceptors (Lipinski definition) is 40. The quantitative estimate of drug-likeness (QED) is 0.00835. The van der Waals surface area contributed by atoms with Crippen LogP contribution < -0.4 is 44.2 Å². The third-order valence-corrected chi connectivity index (χ3v) is 24.0. The van der Waals surface area contributed by atoms with E-state index in [2.05, 4.69) is 56.4 Å². The molecule has 0 saturated carbocycles. The predicted molar refractivity (Wildman–Crippen MR) is 429 cm³/mol. The summed E-state index contributed by atoms with van der Waals surface area (Å²) in [5, 5.41) is 60.2. The van der Waals surface area contributed by atoms with E-state index in [4.69, 9.17) is 55.9 Å². The number of ether oxygens (including phenoxy) is 5. The van der Waals surface area contributed by atoms with Crippen molar-refractivity contribution in [3.8, 4) is 5.75 Å². The fraction of sp³-hybridized carbons (Fsp3) is 0.357. The largest absolute Gasteiger partial charge is 0.508 e. The number of thiazole rings is 2. The Kier molecular flexibility index (Phi) is 31.4. The standard InChI is InChI=1S/C20H22N4O10S.C18H19N3O5S.2C16H17N5O7S2/c1-9(25)33-10(2)34-19(28)15-11(7-32-20(21)29)8-35-18-14(17(27)24(15)18)22-16(26)13(23-30-3)12-5-4-6-31-12;1-2-3-10-8-27-17-13(16(24)21(17)14(10)18(25)26)20-15(23)12(19)9-4-6-11(22)7-5-9;2*1-6(22)28-3-7-4-29-14-10(13(24)21(14)11(7)15(25)26)19-12(23)9(20-27-2)8-5-30-16(17)18-8/h4-6,10,14,18H,7-8H2,1-3H3,(H2,21,29)(H,22,26);2-7,12-13,17,22H,8,19H2,1H3,(H,20,23)(H,25,26);2*5,10,14H,3-4H2,1-2H3,(H2,17,18)(H,19,23)(H,25,26)/b23-13-;3-2+;2*20-9+/t10?,14-,18-;12-,13-,17-;2*10-,14-/m1111/s1. The number of nitrogens with zero attached hydrogens (tertiary/aromatic N) is 9. The highest BCUT2D eigenvalue weighted by Crippen LogP contribution is 2.45. The van der Waals surface area contributed by atoms with Crippen molar-refractivity contribution >= 4 is 192 Å². The van der Waals surface area contributed by atoms with Gasteiger partial charge in [-0.2, -0.15) is 0 Å². The summed E-state index contributed by atoms with van der Waals surface area (Å²) in [6.45, 7) is 5.81. The van der Waals surface area contributed by atoms with Gasteiger partial charge in [0, 0.05) is 78.2 Å². The van der Waals surface area contributed by atoms with E-state index in [9.17, 15) is 97.1 Å². The number of hydrogen-bond donors (Lipinski definition) is 12. The number of amides is 9. The van der Waals surface area contributed by atoms with E-state index in [1.807, 2.05) is 0 Å². The summed E-state index contributed by atoms with van der Waals surface area (Å²) in [7, 11) is 3.76. The second kappa shape index (κ2) is 41.3. The zero-order valence-corrected chi connectivity index (χ0v) is 69.8. The lowest BCUT2D eigenvalue weighted by atomic mass is 10.0. The monoisotopic (exact) mass is 1810 g/mol. The first-order valence-electron chi connectivity index (χ1n) is 35.1. The maximum atomic E-state index is 13.0. The molecule has 12 rings (SSSR count). The number of carboxylic acid groups (broad SMARTS) is 3. The fourth-order valence-electron chi connectivity index (χ4n) is 12.1. The molecule has 650 valence electrons. The third kappa shape index (κ3) is 21.4. The number of nitrogen functional groups attached to an aromatic ring is 2. The number of furan rings is 1. The van der Waals surface area contributed by atoms with Gasteiger partial charge in [-0.05, 0) is 42.3 Å². The van der Waals surface area contributed by atoms with E-state index in [0.29, 0.717) is 28.0 Å². The highest BCUT2D eigenvalue weighted by Gasteiger charge is 2.59. The number of thioether (sulfide) groups is 4. The second-order valence-electron chi connectivity index (χ2n) is 25.4. The average molecular weight is 1810 g/mol. The van der Waals surface area contributed by atoms with Gasteiger partial charge in [0.05, 0.1) is 6.26 Å². The van der Waals surface area contributed by atoms with Crippen LogP contribution in [0.5, 0.6) is 5.75 Å². The first-order valence-corrected chi connectivity index (χ1v) is 41.1. The van der Waals surface area contributed by atoms with Crippen molar-refractivity contribution in [1.29, 1.82) is 0 Å². The van der Waals surface area contributed by atoms with Gasteiger partial charge < -0.3 is 107 Å². The normalized spacial score (nSPS) is 21.2. The van der Waals surface area contributed by atoms with Crippen molar-refractivity contribution in [2.24, 2.45) is 26.9 Å². The Hall–Kier alpha value is -13.1. The predicted octanol–water partition coefficient (Wildman–Crippen LogP) is -0.707. The van der Waals surface area contributed by atoms with E-state index in [0.717, 1.165) is 44.3 Å². The smallest absolute Gasteiger partial charge is 0.404 e. The number of nitrogens with one attached hydrogen (secondary N) is 4. The van der Waals surface area contributed by atoms with Gasteiger partial charge >= 0.3 is 47.9 Å². The maximum Gasteiger partial charge on any atom is 0.404 e. The van der Waals surface area contributed by atoms with E-state index in [1.165, 1.54) is 141 Å². The van der Waals surface area contributed by atoms with Gasteiger partial charge in [0.2, 0.25) is 17.9 Å². The van der Waals surface area contributed by atoms with Crippen molar-refractivity contribution in [1.82, 2.24) is 50.8 Å². The molecule has 11 heterocycles. The number of oxime groups is 3. The number of phenols is 1. The Labute approximate surface area is 713 Å². The van der Waals surface area contributed by atoms with Gasteiger partial charge in [-0.1, -0.05) is 39.8 Å². The molecule has 10 atom stereocenters. The van der Waals surface area contributed by atoms with Crippen molar-refractivity contribution in [2.75, 3.05) is 75.6 Å². The molecule has 9 amide bonds. The van der Waals surface area contributed by atoms with Crippen LogP contribution in [0, 0.1) is 0 Å². The summed E-state index contributed by atoms with van der Waals surface area (Å²) in [5.41, 5.74) is 23.2. The molecule has 4 saturated heterocycles. The number of carbonyl (C=O) groups is 16. The molecule has 0 aliphatic carbocycles. The van der Waals surface area contributed by atoms with Crippen LogP contribution in [0.4, 0.5) is 15.1 Å². The Morgan fingerprint density at radius 3 is 1.33 bits per heavy atom. The van der Waals surface area contributed by atoms with Crippen LogP contribution in [0.15, 0.2) is 131 Å². The third-order valence-electron chi connectivity index (χ3n) is 17.4. The van der Waals surface area contributed by atoms with Crippen LogP contribution in [-0.4, -0.2) is 278 Å². The van der Waals surface area contributed by atoms with Gasteiger partial charge in [-0.15, -0.1) is 69.7 Å². The molecule has 4 fully saturated rings. The lowest BCUT2D eigenvalue weighted by Gasteiger charge is -2.49. The molecule has 8 aliphatic rings. The summed E-state index contributed by atoms with van der Waals surface area (Å²) in [4.78, 5) is 220. The van der Waals surface area contributed by atoms with Crippen LogP contribution >= 0.6 is 69.7 Å². The number of nitrogens with two attached hydrogens (primary N) is 4. The molecule has 0 radical (unpaired) electrons. The first-order chi connectivity index (χ1) is 58.0. The van der Waals surface area contributed by atoms with Gasteiger partial charge in [0.25, 0.3) is 41.4 Å². The number of esters is 4. The van der Waals surface area contributed by atoms with E-state index >= 15 is 0 Å². The molecule has 122 heavy (non-hydrogen) atoms. The number of benzene rings is 1. The van der Waals surface area contributed by atoms with Crippen LogP contribution in [0.3, 0.4) is 0 Å². The summed E-state index contributed by atoms with van der Waals surface area (Å²) < 4.78 is 29.7. The molecular weight excluding hydrogens is 1740 g/mol. The molecule has 4 aromatic rings. The minimum absolute atomic E-state index is 0.0461. The zero-order chi connectivity index (χ0) is 89.4. The molecule has 46 nitrogen and oxygen atoms in total. The van der Waals surface area contributed by atoms with E-state index in [1.54, 1.807) is 25.1 Å². The van der Waals surface area contributed by atoms with Crippen molar-refractivity contribution in [3.05, 3.63) is 133 Å². The number of allylic oxidation sites excluding steroid dienone is 2. The Morgan fingerprint density at radius 1 is 0.557 bits per heavy atom. The molecule has 1 unspecified atom stereocenters. The molecule has 0 spiro atoms. The highest BCUT2D eigenvalue weighted by atomic mass is 32.2. The summed E-state index contributed by atoms with van der Waals surface area (Å²) in [5.74, 6) is -10.4. The van der Waals surface area contributed by atoms with Crippen molar-refractivity contribution in [2.45, 2.75) is 92.6 Å². The van der Waals surface area contributed by atoms with Gasteiger partial charge in [0.1, 0.15) is 133 Å². The number of aliphatic carboxylic acids is 3. The Balaban J connectivity index is 0.000000185. The van der Waals surface area contributed by atoms with E-state index in [-0.39, 0.29) is 116 Å². The van der Waals surface area contributed by atoms with Gasteiger partial charge in [-0.3, -0.25) is 72.3 Å². The number of carbonyl (C=O) groups excluding carboxylic acids is 13. The van der Waals surface area contributed by atoms with Crippen molar-refractivity contribution in [3.63, 3.8) is 0 Å². The molecular formula is C70H75N17O29S6. The highest BCUT2D eigenvalue weighted by molar-refractivity contribution is 8.01. The molecule has 1 aromatic carbocycles. The first kappa shape index (κ1) is 92.8. The number of phenolic OH excluding ortho intramolecular Hbond substituents is 1. The number of aromatic nitrogens is 2. The lowest BCUT2D eigenvalue weighted by molar-refractivity contribution is -0.183. The second-order valence-corrected chi connectivity index (χ2v) is 31.6. The number of anilines is 2. The SMILES string of the molecule is C/C=C/C1=C(C(=O)O)N2C(=O)[C@@H](NC(=O)[C@H](N)c3ccc(O)cc3)[C@H]2SC1.CO/N=C(/C(=O)N[C@@H]1C(=O)N2C(C(=O)O)=C(COC(C)=O)CS[C@H]12)c1csc(N)n1.CO/N=C(/C(=O)N[C@@H]1C(=O)N2C(C(=O)O)=C(COC(C)=O)CS[C@H]12)c1csc(N)n1.CO/N=C(\C(=O)N[C@@H]1C(=O)N2C(C(=O)OC(C)OC(C)=O)=C(COC(N)=O)CS[C@H]12)c1ccco1. The summed E-state index contributed by atoms with van der Waals surface area (Å²) in [6.07, 6.45) is 2.42. The molecule has 52 heteroatoms. The molecule has 0 bridgehead atoms. The van der Waals surface area contributed by atoms with E-state index < -0.39 is 153 Å². The fourth-order valence-corrected chi connectivity index (χ4v) is 18.5. The molecule has 8 aliphatic heterocycles. The Morgan fingerprint density at radius 2 is 0.951 bits per heavy atom. The minimum atomic E-state index is -1.32. The number of fused-ring (bicyclic) bond motifs is 4. The van der Waals surface area contributed by atoms with Crippen LogP contribution in [0.25, 0.3) is 0 Å². The zero-order valence-electron chi connectivity index (χ0n) is 64.9. The summed E-state index contributed by atoms with van der Waals surface area (Å²) >= 11 is 7.31. The number of carboxylic acids is 3. The summed E-state index contributed by atoms with van der Waals surface area (Å²) in [6, 6.07) is 4.15. The molecule has 16 N–H and O–H groups in total. The molecule has 3 aromatic heterocycles. The number of rotatable bonds is 28. The topological polar surface area (TPSA) is 669 Å². The number of β-lactam (4-membered cyclic amide) rings is 4. The van der Waals surface area contributed by atoms with Crippen LogP contribution in [0.2, 0.25) is 0 Å². The van der Waals surface area contributed by atoms with Crippen LogP contribution in [-0.2, 0) is 110 Å². The maximum absolute atomic E-state index is 13.0. The van der Waals surface area contributed by atoms with Gasteiger partial charge in [-0.25, -0.2) is 33.9 Å². The number of aromatic hydroxyl groups is 1. The minimum Gasteiger partial charge on any atom is -0.508 e. The number of primary amides is 1. The lowest BCUT2D eigenvalue weighted by Crippen LogP contribution is -2.71. The van der Waals surface area contributed by atoms with Gasteiger partial charge in [0.15, 0.2) is 27.4 Å². The van der Waals surface area contributed by atoms with Crippen LogP contribution in [0.1, 0.15) is 63.4 Å².